The zero-order chi connectivity index (χ0) is 19.8. The lowest BCUT2D eigenvalue weighted by atomic mass is 9.98. The molecule has 0 spiro atoms. The highest BCUT2D eigenvalue weighted by Crippen LogP contribution is 2.44. The van der Waals surface area contributed by atoms with E-state index in [-0.39, 0.29) is 19.1 Å². The third kappa shape index (κ3) is 3.15. The second-order valence-corrected chi connectivity index (χ2v) is 7.07. The van der Waals surface area contributed by atoms with Crippen LogP contribution in [0, 0.1) is 0 Å². The summed E-state index contributed by atoms with van der Waals surface area (Å²) in [7, 11) is 0. The standard InChI is InChI=1S/C24H19NO4/c26-13-17-12-15-11-16(9-10-23(15)29-17)25-24(27)28-14-22-20-7-3-1-5-18(20)19-6-2-4-8-21(19)22/h1-12,22,26H,13-14H2,(H,25,27). The summed E-state index contributed by atoms with van der Waals surface area (Å²) in [5.74, 6) is 0.509. The highest BCUT2D eigenvalue weighted by atomic mass is 16.5. The first kappa shape index (κ1) is 17.5. The molecule has 0 saturated carbocycles. The van der Waals surface area contributed by atoms with Crippen molar-refractivity contribution >= 4 is 22.7 Å². The first-order valence-corrected chi connectivity index (χ1v) is 9.48. The Hall–Kier alpha value is -3.57. The Bertz CT molecular complexity index is 1160. The molecular formula is C24H19NO4. The summed E-state index contributed by atoms with van der Waals surface area (Å²) in [6.07, 6.45) is -0.503. The lowest BCUT2D eigenvalue weighted by Gasteiger charge is -2.14. The summed E-state index contributed by atoms with van der Waals surface area (Å²) in [4.78, 5) is 12.4. The largest absolute Gasteiger partial charge is 0.459 e. The second kappa shape index (κ2) is 7.11. The molecule has 1 amide bonds. The summed E-state index contributed by atoms with van der Waals surface area (Å²) >= 11 is 0. The summed E-state index contributed by atoms with van der Waals surface area (Å²) in [5.41, 5.74) is 6.02. The number of hydrogen-bond acceptors (Lipinski definition) is 4. The molecule has 0 saturated heterocycles. The Balaban J connectivity index is 1.31. The van der Waals surface area contributed by atoms with Gasteiger partial charge < -0.3 is 14.3 Å². The van der Waals surface area contributed by atoms with Gasteiger partial charge in [-0.3, -0.25) is 5.32 Å². The molecular weight excluding hydrogens is 366 g/mol. The Labute approximate surface area is 167 Å². The number of ether oxygens (including phenoxy) is 1. The Morgan fingerprint density at radius 3 is 2.34 bits per heavy atom. The Morgan fingerprint density at radius 2 is 1.66 bits per heavy atom. The molecule has 0 unspecified atom stereocenters. The van der Waals surface area contributed by atoms with Crippen molar-refractivity contribution in [3.8, 4) is 11.1 Å². The van der Waals surface area contributed by atoms with Gasteiger partial charge in [0.15, 0.2) is 0 Å². The fourth-order valence-electron chi connectivity index (χ4n) is 4.01. The minimum absolute atomic E-state index is 0.0246. The summed E-state index contributed by atoms with van der Waals surface area (Å²) in [6.45, 7) is 0.103. The van der Waals surface area contributed by atoms with E-state index < -0.39 is 6.09 Å². The van der Waals surface area contributed by atoms with Gasteiger partial charge in [-0.2, -0.15) is 0 Å². The maximum atomic E-state index is 12.4. The zero-order valence-electron chi connectivity index (χ0n) is 15.6. The molecule has 0 bridgehead atoms. The molecule has 4 aromatic rings. The summed E-state index contributed by atoms with van der Waals surface area (Å²) in [6, 6.07) is 23.5. The number of amides is 1. The molecule has 1 aliphatic carbocycles. The van der Waals surface area contributed by atoms with Gasteiger partial charge in [-0.1, -0.05) is 48.5 Å². The van der Waals surface area contributed by atoms with E-state index in [1.165, 1.54) is 22.3 Å². The second-order valence-electron chi connectivity index (χ2n) is 7.07. The maximum absolute atomic E-state index is 12.4. The van der Waals surface area contributed by atoms with E-state index in [4.69, 9.17) is 9.15 Å². The van der Waals surface area contributed by atoms with Crippen LogP contribution < -0.4 is 5.32 Å². The number of anilines is 1. The molecule has 1 aromatic heterocycles. The van der Waals surface area contributed by atoms with Gasteiger partial charge >= 0.3 is 6.09 Å². The summed E-state index contributed by atoms with van der Waals surface area (Å²) in [5, 5.41) is 12.8. The molecule has 144 valence electrons. The number of fused-ring (bicyclic) bond motifs is 4. The van der Waals surface area contributed by atoms with E-state index in [9.17, 15) is 9.90 Å². The molecule has 3 aromatic carbocycles. The SMILES string of the molecule is O=C(Nc1ccc2oc(CO)cc2c1)OCC1c2ccccc2-c2ccccc21. The average Bonchev–Trinajstić information content (AvgIpc) is 3.31. The summed E-state index contributed by atoms with van der Waals surface area (Å²) < 4.78 is 11.0. The predicted molar refractivity (Wildman–Crippen MR) is 111 cm³/mol. The number of benzene rings is 3. The third-order valence-electron chi connectivity index (χ3n) is 5.31. The van der Waals surface area contributed by atoms with Crippen LogP contribution in [0.2, 0.25) is 0 Å². The number of carbonyl (C=O) groups is 1. The van der Waals surface area contributed by atoms with E-state index in [2.05, 4.69) is 29.6 Å². The number of aliphatic hydroxyl groups is 1. The van der Waals surface area contributed by atoms with Crippen LogP contribution >= 0.6 is 0 Å². The molecule has 29 heavy (non-hydrogen) atoms. The Morgan fingerprint density at radius 1 is 0.966 bits per heavy atom. The molecule has 0 atom stereocenters. The van der Waals surface area contributed by atoms with Crippen LogP contribution in [0.4, 0.5) is 10.5 Å². The van der Waals surface area contributed by atoms with E-state index in [1.54, 1.807) is 24.3 Å². The first-order valence-electron chi connectivity index (χ1n) is 9.48. The van der Waals surface area contributed by atoms with Crippen LogP contribution in [-0.2, 0) is 11.3 Å². The predicted octanol–water partition coefficient (Wildman–Crippen LogP) is 5.29. The first-order chi connectivity index (χ1) is 14.2. The van der Waals surface area contributed by atoms with Crippen molar-refractivity contribution in [2.75, 3.05) is 11.9 Å². The minimum atomic E-state index is -0.503. The van der Waals surface area contributed by atoms with Crippen LogP contribution in [0.5, 0.6) is 0 Å². The van der Waals surface area contributed by atoms with Crippen LogP contribution in [0.1, 0.15) is 22.8 Å². The molecule has 1 heterocycles. The minimum Gasteiger partial charge on any atom is -0.459 e. The van der Waals surface area contributed by atoms with Gasteiger partial charge in [-0.25, -0.2) is 4.79 Å². The monoisotopic (exact) mass is 385 g/mol. The van der Waals surface area contributed by atoms with Crippen LogP contribution in [0.3, 0.4) is 0 Å². The van der Waals surface area contributed by atoms with E-state index in [0.717, 1.165) is 5.39 Å². The normalized spacial score (nSPS) is 12.6. The zero-order valence-corrected chi connectivity index (χ0v) is 15.6. The van der Waals surface area contributed by atoms with Crippen molar-refractivity contribution < 1.29 is 19.1 Å². The smallest absolute Gasteiger partial charge is 0.411 e. The van der Waals surface area contributed by atoms with Crippen molar-refractivity contribution in [2.45, 2.75) is 12.5 Å². The van der Waals surface area contributed by atoms with E-state index in [1.807, 2.05) is 24.3 Å². The molecule has 5 nitrogen and oxygen atoms in total. The van der Waals surface area contributed by atoms with Gasteiger partial charge in [-0.15, -0.1) is 0 Å². The topological polar surface area (TPSA) is 71.7 Å². The van der Waals surface area contributed by atoms with Crippen molar-refractivity contribution in [1.29, 1.82) is 0 Å². The molecule has 1 aliphatic rings. The number of nitrogens with one attached hydrogen (secondary N) is 1. The van der Waals surface area contributed by atoms with Gasteiger partial charge in [0, 0.05) is 17.0 Å². The average molecular weight is 385 g/mol. The van der Waals surface area contributed by atoms with Gasteiger partial charge in [0.05, 0.1) is 0 Å². The maximum Gasteiger partial charge on any atom is 0.411 e. The number of aliphatic hydroxyl groups excluding tert-OH is 1. The quantitative estimate of drug-likeness (QED) is 0.501. The van der Waals surface area contributed by atoms with Crippen LogP contribution in [-0.4, -0.2) is 17.8 Å². The molecule has 0 radical (unpaired) electrons. The fourth-order valence-corrected chi connectivity index (χ4v) is 4.01. The number of carbonyl (C=O) groups excluding carboxylic acids is 1. The van der Waals surface area contributed by atoms with E-state index in [0.29, 0.717) is 17.0 Å². The molecule has 5 rings (SSSR count). The van der Waals surface area contributed by atoms with Gasteiger partial charge in [-0.05, 0) is 46.5 Å². The van der Waals surface area contributed by atoms with Crippen molar-refractivity contribution in [2.24, 2.45) is 0 Å². The molecule has 0 aliphatic heterocycles. The third-order valence-corrected chi connectivity index (χ3v) is 5.31. The van der Waals surface area contributed by atoms with Gasteiger partial charge in [0.25, 0.3) is 0 Å². The highest BCUT2D eigenvalue weighted by Gasteiger charge is 2.29. The molecule has 0 fully saturated rings. The fraction of sp³-hybridized carbons (Fsp3) is 0.125. The number of rotatable bonds is 4. The molecule has 2 N–H and O–H groups in total. The highest BCUT2D eigenvalue weighted by molar-refractivity contribution is 5.89. The lowest BCUT2D eigenvalue weighted by molar-refractivity contribution is 0.158. The van der Waals surface area contributed by atoms with Crippen LogP contribution in [0.25, 0.3) is 22.1 Å². The van der Waals surface area contributed by atoms with Crippen molar-refractivity contribution in [3.05, 3.63) is 89.7 Å². The lowest BCUT2D eigenvalue weighted by Crippen LogP contribution is -2.17. The molecule has 5 heteroatoms. The van der Waals surface area contributed by atoms with Crippen molar-refractivity contribution in [1.82, 2.24) is 0 Å². The van der Waals surface area contributed by atoms with Gasteiger partial charge in [0.2, 0.25) is 0 Å². The Kier molecular flexibility index (Phi) is 4.30. The van der Waals surface area contributed by atoms with E-state index >= 15 is 0 Å². The van der Waals surface area contributed by atoms with Crippen molar-refractivity contribution in [3.63, 3.8) is 0 Å². The number of hydrogen-bond donors (Lipinski definition) is 2. The number of furan rings is 1. The van der Waals surface area contributed by atoms with Gasteiger partial charge in [0.1, 0.15) is 24.6 Å². The van der Waals surface area contributed by atoms with Crippen LogP contribution in [0.15, 0.2) is 77.2 Å².